The lowest BCUT2D eigenvalue weighted by Crippen LogP contribution is -1.88. The third kappa shape index (κ3) is 0.894. The van der Waals surface area contributed by atoms with Gasteiger partial charge in [0.2, 0.25) is 0 Å². The standard InChI is InChI=1S/C9H8N2/c10-5-8-2-1-7-3-4-11-6-9(7)8/h3-4,6,8H,1-2H2. The van der Waals surface area contributed by atoms with Crippen LogP contribution < -0.4 is 0 Å². The van der Waals surface area contributed by atoms with Gasteiger partial charge in [0.05, 0.1) is 12.0 Å². The van der Waals surface area contributed by atoms with E-state index in [1.807, 2.05) is 12.3 Å². The molecule has 54 valence electrons. The zero-order valence-electron chi connectivity index (χ0n) is 6.12. The molecule has 1 unspecified atom stereocenters. The first-order valence-corrected chi connectivity index (χ1v) is 3.74. The molecule has 0 aliphatic heterocycles. The number of hydrogen-bond acceptors (Lipinski definition) is 2. The molecule has 0 spiro atoms. The molecule has 0 saturated carbocycles. The Bertz CT molecular complexity index is 312. The van der Waals surface area contributed by atoms with Crippen LogP contribution in [0.5, 0.6) is 0 Å². The smallest absolute Gasteiger partial charge is 0.0733 e. The SMILES string of the molecule is N#CC1CCc2ccncc21. The van der Waals surface area contributed by atoms with Crippen LogP contribution >= 0.6 is 0 Å². The van der Waals surface area contributed by atoms with Gasteiger partial charge in [-0.15, -0.1) is 0 Å². The van der Waals surface area contributed by atoms with Gasteiger partial charge in [0.15, 0.2) is 0 Å². The predicted octanol–water partition coefficient (Wildman–Crippen LogP) is 1.63. The second-order valence-corrected chi connectivity index (χ2v) is 2.79. The molecule has 0 radical (unpaired) electrons. The second-order valence-electron chi connectivity index (χ2n) is 2.79. The Labute approximate surface area is 65.5 Å². The van der Waals surface area contributed by atoms with Gasteiger partial charge in [0, 0.05) is 12.4 Å². The number of fused-ring (bicyclic) bond motifs is 1. The van der Waals surface area contributed by atoms with Crippen molar-refractivity contribution in [2.45, 2.75) is 18.8 Å². The first kappa shape index (κ1) is 6.36. The zero-order chi connectivity index (χ0) is 7.68. The summed E-state index contributed by atoms with van der Waals surface area (Å²) in [7, 11) is 0. The summed E-state index contributed by atoms with van der Waals surface area (Å²) >= 11 is 0. The number of pyridine rings is 1. The van der Waals surface area contributed by atoms with Crippen LogP contribution in [0, 0.1) is 11.3 Å². The Kier molecular flexibility index (Phi) is 1.36. The van der Waals surface area contributed by atoms with E-state index >= 15 is 0 Å². The first-order valence-electron chi connectivity index (χ1n) is 3.74. The largest absolute Gasteiger partial charge is 0.264 e. The maximum atomic E-state index is 8.74. The summed E-state index contributed by atoms with van der Waals surface area (Å²) in [6, 6.07) is 4.29. The third-order valence-corrected chi connectivity index (χ3v) is 2.18. The van der Waals surface area contributed by atoms with Crippen molar-refractivity contribution in [2.75, 3.05) is 0 Å². The number of hydrogen-bond donors (Lipinski definition) is 0. The van der Waals surface area contributed by atoms with E-state index in [-0.39, 0.29) is 5.92 Å². The normalized spacial score (nSPS) is 20.8. The number of rotatable bonds is 0. The Morgan fingerprint density at radius 2 is 2.55 bits per heavy atom. The molecular formula is C9H8N2. The van der Waals surface area contributed by atoms with E-state index in [9.17, 15) is 0 Å². The highest BCUT2D eigenvalue weighted by atomic mass is 14.6. The summed E-state index contributed by atoms with van der Waals surface area (Å²) in [4.78, 5) is 4.00. The van der Waals surface area contributed by atoms with Gasteiger partial charge in [-0.05, 0) is 30.0 Å². The van der Waals surface area contributed by atoms with E-state index in [4.69, 9.17) is 5.26 Å². The molecule has 0 bridgehead atoms. The molecule has 1 aromatic heterocycles. The second kappa shape index (κ2) is 2.35. The fourth-order valence-electron chi connectivity index (χ4n) is 1.57. The molecule has 0 saturated heterocycles. The van der Waals surface area contributed by atoms with Crippen LogP contribution in [0.4, 0.5) is 0 Å². The fourth-order valence-corrected chi connectivity index (χ4v) is 1.57. The van der Waals surface area contributed by atoms with E-state index in [2.05, 4.69) is 11.1 Å². The highest BCUT2D eigenvalue weighted by Crippen LogP contribution is 2.30. The van der Waals surface area contributed by atoms with Gasteiger partial charge in [-0.1, -0.05) is 0 Å². The van der Waals surface area contributed by atoms with Crippen LogP contribution in [0.3, 0.4) is 0 Å². The number of nitriles is 1. The molecule has 1 aliphatic rings. The van der Waals surface area contributed by atoms with Crippen molar-refractivity contribution in [2.24, 2.45) is 0 Å². The summed E-state index contributed by atoms with van der Waals surface area (Å²) in [5.74, 6) is 0.0960. The monoisotopic (exact) mass is 144 g/mol. The summed E-state index contributed by atoms with van der Waals surface area (Å²) in [5, 5.41) is 8.74. The van der Waals surface area contributed by atoms with Crippen LogP contribution in [0.25, 0.3) is 0 Å². The van der Waals surface area contributed by atoms with Gasteiger partial charge in [-0.25, -0.2) is 0 Å². The van der Waals surface area contributed by atoms with Crippen molar-refractivity contribution in [3.63, 3.8) is 0 Å². The summed E-state index contributed by atoms with van der Waals surface area (Å²) in [6.07, 6.45) is 5.61. The molecule has 1 atom stereocenters. The fraction of sp³-hybridized carbons (Fsp3) is 0.333. The lowest BCUT2D eigenvalue weighted by Gasteiger charge is -1.98. The van der Waals surface area contributed by atoms with Gasteiger partial charge < -0.3 is 0 Å². The van der Waals surface area contributed by atoms with E-state index in [1.165, 1.54) is 5.56 Å². The molecule has 1 aliphatic carbocycles. The van der Waals surface area contributed by atoms with E-state index in [1.54, 1.807) is 6.20 Å². The topological polar surface area (TPSA) is 36.7 Å². The van der Waals surface area contributed by atoms with Gasteiger partial charge in [-0.3, -0.25) is 4.98 Å². The minimum absolute atomic E-state index is 0.0960. The quantitative estimate of drug-likeness (QED) is 0.555. The molecule has 0 aromatic carbocycles. The lowest BCUT2D eigenvalue weighted by molar-refractivity contribution is 0.824. The van der Waals surface area contributed by atoms with Gasteiger partial charge in [-0.2, -0.15) is 5.26 Å². The number of aryl methyl sites for hydroxylation is 1. The van der Waals surface area contributed by atoms with E-state index in [0.717, 1.165) is 18.4 Å². The van der Waals surface area contributed by atoms with Crippen LogP contribution in [0.1, 0.15) is 23.5 Å². The molecule has 1 heterocycles. The number of aromatic nitrogens is 1. The lowest BCUT2D eigenvalue weighted by atomic mass is 10.1. The van der Waals surface area contributed by atoms with E-state index < -0.39 is 0 Å². The molecule has 2 rings (SSSR count). The highest BCUT2D eigenvalue weighted by molar-refractivity contribution is 5.35. The van der Waals surface area contributed by atoms with Gasteiger partial charge >= 0.3 is 0 Å². The van der Waals surface area contributed by atoms with Crippen LogP contribution in [-0.4, -0.2) is 4.98 Å². The average Bonchev–Trinajstić information content (AvgIpc) is 2.47. The van der Waals surface area contributed by atoms with Crippen LogP contribution in [-0.2, 0) is 6.42 Å². The van der Waals surface area contributed by atoms with Crippen molar-refractivity contribution < 1.29 is 0 Å². The van der Waals surface area contributed by atoms with Crippen molar-refractivity contribution in [1.29, 1.82) is 5.26 Å². The predicted molar refractivity (Wildman–Crippen MR) is 40.9 cm³/mol. The highest BCUT2D eigenvalue weighted by Gasteiger charge is 2.21. The van der Waals surface area contributed by atoms with Gasteiger partial charge in [0.25, 0.3) is 0 Å². The average molecular weight is 144 g/mol. The Morgan fingerprint density at radius 1 is 1.64 bits per heavy atom. The van der Waals surface area contributed by atoms with Gasteiger partial charge in [0.1, 0.15) is 0 Å². The van der Waals surface area contributed by atoms with E-state index in [0.29, 0.717) is 0 Å². The molecular weight excluding hydrogens is 136 g/mol. The summed E-state index contributed by atoms with van der Waals surface area (Å²) in [5.41, 5.74) is 2.43. The molecule has 11 heavy (non-hydrogen) atoms. The van der Waals surface area contributed by atoms with Crippen molar-refractivity contribution >= 4 is 0 Å². The third-order valence-electron chi connectivity index (χ3n) is 2.18. The van der Waals surface area contributed by atoms with Crippen LogP contribution in [0.15, 0.2) is 18.5 Å². The maximum Gasteiger partial charge on any atom is 0.0733 e. The van der Waals surface area contributed by atoms with Crippen molar-refractivity contribution in [1.82, 2.24) is 4.98 Å². The first-order chi connectivity index (χ1) is 5.42. The Hall–Kier alpha value is -1.36. The molecule has 0 fully saturated rings. The van der Waals surface area contributed by atoms with Crippen LogP contribution in [0.2, 0.25) is 0 Å². The minimum Gasteiger partial charge on any atom is -0.264 e. The minimum atomic E-state index is 0.0960. The Balaban J connectivity index is 2.49. The maximum absolute atomic E-state index is 8.74. The summed E-state index contributed by atoms with van der Waals surface area (Å²) in [6.45, 7) is 0. The Morgan fingerprint density at radius 3 is 3.36 bits per heavy atom. The van der Waals surface area contributed by atoms with Crippen molar-refractivity contribution in [3.05, 3.63) is 29.6 Å². The molecule has 0 N–H and O–H groups in total. The summed E-state index contributed by atoms with van der Waals surface area (Å²) < 4.78 is 0. The molecule has 1 aromatic rings. The molecule has 2 nitrogen and oxygen atoms in total. The zero-order valence-corrected chi connectivity index (χ0v) is 6.12. The molecule has 2 heteroatoms. The molecule has 0 amide bonds. The van der Waals surface area contributed by atoms with Crippen molar-refractivity contribution in [3.8, 4) is 6.07 Å². The number of nitrogens with zero attached hydrogens (tertiary/aromatic N) is 2.